The second kappa shape index (κ2) is 7.18. The highest BCUT2D eigenvalue weighted by molar-refractivity contribution is 5.76. The Hall–Kier alpha value is -2.70. The van der Waals surface area contributed by atoms with Crippen LogP contribution in [0.3, 0.4) is 0 Å². The molecule has 21 heavy (non-hydrogen) atoms. The summed E-state index contributed by atoms with van der Waals surface area (Å²) in [6, 6.07) is -0.767. The number of aromatic nitrogens is 2. The van der Waals surface area contributed by atoms with Crippen molar-refractivity contribution < 1.29 is 9.18 Å². The van der Waals surface area contributed by atoms with Crippen molar-refractivity contribution in [1.82, 2.24) is 14.0 Å². The highest BCUT2D eigenvalue weighted by atomic mass is 19.1. The SMILES string of the molecule is C=CCN(CC=C)C(=O)n1cc(F)c(=O)n(CC=C)c1=O. The molecule has 0 bridgehead atoms. The Morgan fingerprint density at radius 2 is 1.76 bits per heavy atom. The van der Waals surface area contributed by atoms with Crippen LogP contribution in [0.15, 0.2) is 53.8 Å². The van der Waals surface area contributed by atoms with Crippen molar-refractivity contribution in [1.29, 1.82) is 0 Å². The first-order valence-corrected chi connectivity index (χ1v) is 6.11. The number of rotatable bonds is 6. The third kappa shape index (κ3) is 3.44. The van der Waals surface area contributed by atoms with Gasteiger partial charge in [-0.2, -0.15) is 4.39 Å². The van der Waals surface area contributed by atoms with E-state index in [4.69, 9.17) is 0 Å². The second-order valence-electron chi connectivity index (χ2n) is 4.10. The first-order valence-electron chi connectivity index (χ1n) is 6.11. The van der Waals surface area contributed by atoms with E-state index in [9.17, 15) is 18.8 Å². The zero-order valence-electron chi connectivity index (χ0n) is 11.5. The third-order valence-electron chi connectivity index (χ3n) is 2.62. The Morgan fingerprint density at radius 1 is 1.19 bits per heavy atom. The van der Waals surface area contributed by atoms with Gasteiger partial charge >= 0.3 is 11.7 Å². The van der Waals surface area contributed by atoms with Crippen LogP contribution in [0.5, 0.6) is 0 Å². The molecular formula is C14H16FN3O3. The molecule has 6 nitrogen and oxygen atoms in total. The van der Waals surface area contributed by atoms with Gasteiger partial charge in [0.05, 0.1) is 6.20 Å². The molecule has 1 rings (SSSR count). The Kier molecular flexibility index (Phi) is 5.59. The summed E-state index contributed by atoms with van der Waals surface area (Å²) in [7, 11) is 0. The van der Waals surface area contributed by atoms with Gasteiger partial charge in [0.25, 0.3) is 5.56 Å². The molecular weight excluding hydrogens is 277 g/mol. The van der Waals surface area contributed by atoms with Gasteiger partial charge in [-0.05, 0) is 0 Å². The summed E-state index contributed by atoms with van der Waals surface area (Å²) < 4.78 is 14.7. The Labute approximate surface area is 120 Å². The molecule has 112 valence electrons. The maximum atomic E-state index is 13.6. The lowest BCUT2D eigenvalue weighted by molar-refractivity contribution is 0.207. The number of halogens is 1. The molecule has 1 aromatic rings. The fourth-order valence-corrected chi connectivity index (χ4v) is 1.69. The van der Waals surface area contributed by atoms with Crippen LogP contribution in [0.25, 0.3) is 0 Å². The maximum Gasteiger partial charge on any atom is 0.339 e. The molecule has 0 spiro atoms. The van der Waals surface area contributed by atoms with Gasteiger partial charge in [0.15, 0.2) is 0 Å². The average molecular weight is 293 g/mol. The molecule has 1 amide bonds. The van der Waals surface area contributed by atoms with Gasteiger partial charge < -0.3 is 4.90 Å². The molecule has 0 saturated heterocycles. The van der Waals surface area contributed by atoms with Crippen molar-refractivity contribution in [3.05, 3.63) is 70.8 Å². The number of hydrogen-bond donors (Lipinski definition) is 0. The summed E-state index contributed by atoms with van der Waals surface area (Å²) in [6.07, 6.45) is 4.78. The van der Waals surface area contributed by atoms with E-state index in [1.54, 1.807) is 0 Å². The van der Waals surface area contributed by atoms with Crippen LogP contribution in [0.4, 0.5) is 9.18 Å². The summed E-state index contributed by atoms with van der Waals surface area (Å²) in [5, 5.41) is 0. The Morgan fingerprint density at radius 3 is 2.24 bits per heavy atom. The highest BCUT2D eigenvalue weighted by Gasteiger charge is 2.19. The monoisotopic (exact) mass is 293 g/mol. The van der Waals surface area contributed by atoms with E-state index in [1.165, 1.54) is 23.1 Å². The van der Waals surface area contributed by atoms with Gasteiger partial charge in [-0.3, -0.25) is 9.36 Å². The van der Waals surface area contributed by atoms with Gasteiger partial charge in [0.2, 0.25) is 5.82 Å². The predicted octanol–water partition coefficient (Wildman–Crippen LogP) is 0.977. The molecule has 0 aromatic carbocycles. The zero-order valence-corrected chi connectivity index (χ0v) is 11.5. The number of allylic oxidation sites excluding steroid dienone is 1. The molecule has 0 aliphatic heterocycles. The molecule has 0 saturated carbocycles. The number of hydrogen-bond acceptors (Lipinski definition) is 3. The lowest BCUT2D eigenvalue weighted by Gasteiger charge is -2.20. The van der Waals surface area contributed by atoms with Crippen LogP contribution < -0.4 is 11.2 Å². The van der Waals surface area contributed by atoms with E-state index in [0.717, 1.165) is 0 Å². The molecule has 1 aromatic heterocycles. The first-order chi connectivity index (χ1) is 9.97. The Balaban J connectivity index is 3.42. The van der Waals surface area contributed by atoms with Crippen molar-refractivity contribution >= 4 is 6.03 Å². The molecule has 7 heteroatoms. The number of nitrogens with zero attached hydrogens (tertiary/aromatic N) is 3. The average Bonchev–Trinajstić information content (AvgIpc) is 2.46. The summed E-state index contributed by atoms with van der Waals surface area (Å²) in [4.78, 5) is 37.1. The summed E-state index contributed by atoms with van der Waals surface area (Å²) >= 11 is 0. The Bertz CT molecular complexity index is 678. The molecule has 0 aliphatic carbocycles. The summed E-state index contributed by atoms with van der Waals surface area (Å²) in [5.74, 6) is -1.19. The smallest absolute Gasteiger partial charge is 0.317 e. The van der Waals surface area contributed by atoms with Gasteiger partial charge in [-0.1, -0.05) is 18.2 Å². The topological polar surface area (TPSA) is 64.3 Å². The predicted molar refractivity (Wildman–Crippen MR) is 77.9 cm³/mol. The third-order valence-corrected chi connectivity index (χ3v) is 2.62. The molecule has 0 fully saturated rings. The van der Waals surface area contributed by atoms with Crippen molar-refractivity contribution in [2.45, 2.75) is 6.54 Å². The van der Waals surface area contributed by atoms with E-state index >= 15 is 0 Å². The summed E-state index contributed by atoms with van der Waals surface area (Å²) in [5.41, 5.74) is -2.02. The van der Waals surface area contributed by atoms with E-state index in [2.05, 4.69) is 19.7 Å². The standard InChI is InChI=1S/C14H16FN3O3/c1-4-7-16(8-5-2)13(20)18-10-11(15)12(19)17(9-6-3)14(18)21/h4-6,10H,1-3,7-9H2. The minimum absolute atomic E-state index is 0.152. The van der Waals surface area contributed by atoms with E-state index in [0.29, 0.717) is 15.3 Å². The molecule has 1 heterocycles. The largest absolute Gasteiger partial charge is 0.339 e. The minimum Gasteiger partial charge on any atom is -0.317 e. The normalized spacial score (nSPS) is 9.95. The van der Waals surface area contributed by atoms with Crippen molar-refractivity contribution in [2.75, 3.05) is 13.1 Å². The van der Waals surface area contributed by atoms with E-state index < -0.39 is 23.1 Å². The lowest BCUT2D eigenvalue weighted by atomic mass is 10.4. The number of carbonyl (C=O) groups is 1. The van der Waals surface area contributed by atoms with Gasteiger partial charge in [-0.25, -0.2) is 14.2 Å². The minimum atomic E-state index is -1.19. The lowest BCUT2D eigenvalue weighted by Crippen LogP contribution is -2.47. The van der Waals surface area contributed by atoms with Gasteiger partial charge in [0.1, 0.15) is 0 Å². The summed E-state index contributed by atoms with van der Waals surface area (Å²) in [6.45, 7) is 10.5. The van der Waals surface area contributed by atoms with Gasteiger partial charge in [0, 0.05) is 19.6 Å². The molecule has 0 atom stereocenters. The maximum absolute atomic E-state index is 13.6. The zero-order chi connectivity index (χ0) is 16.0. The molecule has 0 aliphatic rings. The van der Waals surface area contributed by atoms with Crippen LogP contribution in [-0.4, -0.2) is 33.2 Å². The first kappa shape index (κ1) is 16.4. The van der Waals surface area contributed by atoms with Crippen LogP contribution >= 0.6 is 0 Å². The molecule has 0 radical (unpaired) electrons. The van der Waals surface area contributed by atoms with Crippen molar-refractivity contribution in [2.24, 2.45) is 0 Å². The van der Waals surface area contributed by atoms with Crippen LogP contribution in [0.1, 0.15) is 0 Å². The van der Waals surface area contributed by atoms with Crippen molar-refractivity contribution in [3.63, 3.8) is 0 Å². The van der Waals surface area contributed by atoms with Crippen LogP contribution in [-0.2, 0) is 6.54 Å². The highest BCUT2D eigenvalue weighted by Crippen LogP contribution is 1.96. The van der Waals surface area contributed by atoms with E-state index in [1.807, 2.05) is 0 Å². The van der Waals surface area contributed by atoms with Gasteiger partial charge in [-0.15, -0.1) is 19.7 Å². The van der Waals surface area contributed by atoms with E-state index in [-0.39, 0.29) is 19.6 Å². The van der Waals surface area contributed by atoms with Crippen molar-refractivity contribution in [3.8, 4) is 0 Å². The fourth-order valence-electron chi connectivity index (χ4n) is 1.69. The fraction of sp³-hybridized carbons (Fsp3) is 0.214. The second-order valence-corrected chi connectivity index (χ2v) is 4.10. The van der Waals surface area contributed by atoms with Crippen LogP contribution in [0.2, 0.25) is 0 Å². The molecule has 0 unspecified atom stereocenters. The quantitative estimate of drug-likeness (QED) is 0.734. The number of carbonyl (C=O) groups excluding carboxylic acids is 1. The molecule has 0 N–H and O–H groups in total. The number of amides is 1. The van der Waals surface area contributed by atoms with Crippen LogP contribution in [0, 0.1) is 5.82 Å².